The molecule has 0 bridgehead atoms. The van der Waals surface area contributed by atoms with Gasteiger partial charge in [0.05, 0.1) is 15.7 Å². The Bertz CT molecular complexity index is 789. The van der Waals surface area contributed by atoms with Crippen molar-refractivity contribution in [1.29, 1.82) is 0 Å². The summed E-state index contributed by atoms with van der Waals surface area (Å²) in [6.07, 6.45) is 0. The van der Waals surface area contributed by atoms with Crippen molar-refractivity contribution < 1.29 is 9.59 Å². The number of urea groups is 1. The summed E-state index contributed by atoms with van der Waals surface area (Å²) in [5.41, 5.74) is 3.28. The Kier molecular flexibility index (Phi) is 5.75. The minimum Gasteiger partial charge on any atom is -0.305 e. The van der Waals surface area contributed by atoms with Crippen LogP contribution in [0.4, 0.5) is 10.5 Å². The second-order valence-corrected chi connectivity index (χ2v) is 6.68. The van der Waals surface area contributed by atoms with Crippen LogP contribution in [0.25, 0.3) is 0 Å². The van der Waals surface area contributed by atoms with Crippen LogP contribution < -0.4 is 10.6 Å². The molecule has 0 aliphatic carbocycles. The molecule has 0 saturated carbocycles. The van der Waals surface area contributed by atoms with E-state index < -0.39 is 11.9 Å². The first kappa shape index (κ1) is 18.6. The lowest BCUT2D eigenvalue weighted by Gasteiger charge is -2.13. The third kappa shape index (κ3) is 4.20. The van der Waals surface area contributed by atoms with Gasteiger partial charge < -0.3 is 5.32 Å². The van der Waals surface area contributed by atoms with Crippen molar-refractivity contribution in [2.75, 3.05) is 5.32 Å². The number of anilines is 1. The second kappa shape index (κ2) is 7.43. The minimum absolute atomic E-state index is 0.179. The van der Waals surface area contributed by atoms with Crippen LogP contribution in [0.1, 0.15) is 27.0 Å². The SMILES string of the molecule is Cc1cc(C)c(C(=O)NC(=O)Nc2c(Cl)cc(Cl)cc2Cl)c(C)c1. The molecule has 0 aliphatic heterocycles. The molecule has 0 aliphatic rings. The fourth-order valence-electron chi connectivity index (χ4n) is 2.51. The van der Waals surface area contributed by atoms with Crippen LogP contribution in [0.3, 0.4) is 0 Å². The third-order valence-corrected chi connectivity index (χ3v) is 4.19. The molecule has 0 fully saturated rings. The Morgan fingerprint density at radius 2 is 1.38 bits per heavy atom. The molecular weight excluding hydrogens is 371 g/mol. The molecule has 0 radical (unpaired) electrons. The minimum atomic E-state index is -0.731. The van der Waals surface area contributed by atoms with Crippen molar-refractivity contribution in [3.8, 4) is 0 Å². The van der Waals surface area contributed by atoms with Gasteiger partial charge in [-0.3, -0.25) is 10.1 Å². The zero-order chi connectivity index (χ0) is 18.0. The van der Waals surface area contributed by atoms with Gasteiger partial charge in [0.25, 0.3) is 5.91 Å². The standard InChI is InChI=1S/C17H15Cl3N2O2/c1-8-4-9(2)14(10(3)5-8)16(23)22-17(24)21-15-12(19)6-11(18)7-13(15)20/h4-7H,1-3H3,(H2,21,22,23,24). The zero-order valence-corrected chi connectivity index (χ0v) is 15.5. The van der Waals surface area contributed by atoms with Crippen molar-refractivity contribution in [1.82, 2.24) is 5.32 Å². The van der Waals surface area contributed by atoms with Crippen molar-refractivity contribution >= 4 is 52.4 Å². The maximum Gasteiger partial charge on any atom is 0.326 e. The smallest absolute Gasteiger partial charge is 0.305 e. The lowest BCUT2D eigenvalue weighted by molar-refractivity contribution is 0.0966. The predicted octanol–water partition coefficient (Wildman–Crippen LogP) is 5.53. The molecule has 0 aromatic heterocycles. The first-order valence-electron chi connectivity index (χ1n) is 7.03. The summed E-state index contributed by atoms with van der Waals surface area (Å²) in [4.78, 5) is 24.4. The summed E-state index contributed by atoms with van der Waals surface area (Å²) in [5, 5.41) is 5.44. The Labute approximate surface area is 155 Å². The van der Waals surface area contributed by atoms with E-state index in [1.54, 1.807) is 0 Å². The average Bonchev–Trinajstić information content (AvgIpc) is 2.41. The van der Waals surface area contributed by atoms with Gasteiger partial charge in [0.1, 0.15) is 0 Å². The molecule has 2 aromatic carbocycles. The van der Waals surface area contributed by atoms with Gasteiger partial charge in [-0.05, 0) is 44.0 Å². The monoisotopic (exact) mass is 384 g/mol. The molecule has 0 atom stereocenters. The normalized spacial score (nSPS) is 10.4. The Morgan fingerprint density at radius 1 is 0.875 bits per heavy atom. The fraction of sp³-hybridized carbons (Fsp3) is 0.176. The number of amides is 3. The van der Waals surface area contributed by atoms with E-state index in [1.165, 1.54) is 12.1 Å². The van der Waals surface area contributed by atoms with Gasteiger partial charge >= 0.3 is 6.03 Å². The quantitative estimate of drug-likeness (QED) is 0.713. The fourth-order valence-corrected chi connectivity index (χ4v) is 3.42. The van der Waals surface area contributed by atoms with E-state index in [9.17, 15) is 9.59 Å². The summed E-state index contributed by atoms with van der Waals surface area (Å²) in [5.74, 6) is -0.497. The van der Waals surface area contributed by atoms with Crippen LogP contribution >= 0.6 is 34.8 Å². The third-order valence-electron chi connectivity index (χ3n) is 3.38. The molecule has 2 N–H and O–H groups in total. The summed E-state index contributed by atoms with van der Waals surface area (Å²) in [7, 11) is 0. The molecule has 0 saturated heterocycles. The van der Waals surface area contributed by atoms with Gasteiger partial charge in [0.15, 0.2) is 0 Å². The van der Waals surface area contributed by atoms with Crippen LogP contribution in [0.5, 0.6) is 0 Å². The van der Waals surface area contributed by atoms with E-state index in [-0.39, 0.29) is 15.7 Å². The van der Waals surface area contributed by atoms with Crippen LogP contribution in [0.15, 0.2) is 24.3 Å². The zero-order valence-electron chi connectivity index (χ0n) is 13.3. The van der Waals surface area contributed by atoms with E-state index >= 15 is 0 Å². The largest absolute Gasteiger partial charge is 0.326 e. The molecule has 2 rings (SSSR count). The highest BCUT2D eigenvalue weighted by Crippen LogP contribution is 2.33. The van der Waals surface area contributed by atoms with Crippen molar-refractivity contribution in [3.05, 3.63) is 61.6 Å². The van der Waals surface area contributed by atoms with Crippen molar-refractivity contribution in [3.63, 3.8) is 0 Å². The van der Waals surface area contributed by atoms with Gasteiger partial charge in [0, 0.05) is 10.6 Å². The molecular formula is C17H15Cl3N2O2. The number of nitrogens with one attached hydrogen (secondary N) is 2. The Hall–Kier alpha value is -1.75. The summed E-state index contributed by atoms with van der Waals surface area (Å²) in [6, 6.07) is 5.92. The van der Waals surface area contributed by atoms with Crippen LogP contribution in [-0.4, -0.2) is 11.9 Å². The van der Waals surface area contributed by atoms with Crippen molar-refractivity contribution in [2.45, 2.75) is 20.8 Å². The van der Waals surface area contributed by atoms with Crippen LogP contribution in [0, 0.1) is 20.8 Å². The number of carbonyl (C=O) groups excluding carboxylic acids is 2. The van der Waals surface area contributed by atoms with E-state index in [2.05, 4.69) is 10.6 Å². The number of carbonyl (C=O) groups is 2. The number of hydrogen-bond acceptors (Lipinski definition) is 2. The highest BCUT2D eigenvalue weighted by atomic mass is 35.5. The maximum atomic E-state index is 12.4. The number of halogens is 3. The molecule has 7 heteroatoms. The first-order chi connectivity index (χ1) is 11.2. The van der Waals surface area contributed by atoms with Gasteiger partial charge in [-0.1, -0.05) is 52.5 Å². The molecule has 0 spiro atoms. The Balaban J connectivity index is 2.18. The molecule has 2 aromatic rings. The second-order valence-electron chi connectivity index (χ2n) is 5.43. The van der Waals surface area contributed by atoms with E-state index in [0.29, 0.717) is 10.6 Å². The molecule has 0 heterocycles. The van der Waals surface area contributed by atoms with Crippen LogP contribution in [0.2, 0.25) is 15.1 Å². The first-order valence-corrected chi connectivity index (χ1v) is 8.17. The summed E-state index contributed by atoms with van der Waals surface area (Å²) in [6.45, 7) is 5.58. The van der Waals surface area contributed by atoms with E-state index in [0.717, 1.165) is 16.7 Å². The van der Waals surface area contributed by atoms with E-state index in [4.69, 9.17) is 34.8 Å². The van der Waals surface area contributed by atoms with Gasteiger partial charge in [-0.2, -0.15) is 0 Å². The van der Waals surface area contributed by atoms with E-state index in [1.807, 2.05) is 32.9 Å². The van der Waals surface area contributed by atoms with Crippen molar-refractivity contribution in [2.24, 2.45) is 0 Å². The lowest BCUT2D eigenvalue weighted by Crippen LogP contribution is -2.35. The summed E-state index contributed by atoms with van der Waals surface area (Å²) >= 11 is 17.8. The number of rotatable bonds is 2. The highest BCUT2D eigenvalue weighted by Gasteiger charge is 2.17. The molecule has 3 amide bonds. The van der Waals surface area contributed by atoms with Gasteiger partial charge in [-0.25, -0.2) is 4.79 Å². The molecule has 0 unspecified atom stereocenters. The van der Waals surface area contributed by atoms with Gasteiger partial charge in [-0.15, -0.1) is 0 Å². The number of imide groups is 1. The van der Waals surface area contributed by atoms with Crippen LogP contribution in [-0.2, 0) is 0 Å². The molecule has 126 valence electrons. The predicted molar refractivity (Wildman–Crippen MR) is 98.6 cm³/mol. The summed E-state index contributed by atoms with van der Waals surface area (Å²) < 4.78 is 0. The average molecular weight is 386 g/mol. The Morgan fingerprint density at radius 3 is 1.88 bits per heavy atom. The lowest BCUT2D eigenvalue weighted by atomic mass is 9.99. The highest BCUT2D eigenvalue weighted by molar-refractivity contribution is 6.42. The number of hydrogen-bond donors (Lipinski definition) is 2. The number of benzene rings is 2. The molecule has 24 heavy (non-hydrogen) atoms. The number of aryl methyl sites for hydroxylation is 3. The van der Waals surface area contributed by atoms with Gasteiger partial charge in [0.2, 0.25) is 0 Å². The molecule has 4 nitrogen and oxygen atoms in total. The topological polar surface area (TPSA) is 58.2 Å². The maximum absolute atomic E-state index is 12.4.